The number of benzene rings is 1. The molecule has 0 heterocycles. The lowest BCUT2D eigenvalue weighted by Gasteiger charge is -2.06. The van der Waals surface area contributed by atoms with Gasteiger partial charge in [-0.25, -0.2) is 0 Å². The standard InChI is InChI=1S/C11H14O4/c12-10-14-7-6-13-8-9-15-11-4-2-1-3-5-11/h1-5,10H,6-9H2. The van der Waals surface area contributed by atoms with Crippen LogP contribution in [0.4, 0.5) is 0 Å². The van der Waals surface area contributed by atoms with Gasteiger partial charge in [-0.15, -0.1) is 0 Å². The molecular formula is C11H14O4. The van der Waals surface area contributed by atoms with Crippen molar-refractivity contribution < 1.29 is 19.0 Å². The lowest BCUT2D eigenvalue weighted by molar-refractivity contribution is -0.130. The Bertz CT molecular complexity index is 261. The fraction of sp³-hybridized carbons (Fsp3) is 0.364. The Morgan fingerprint density at radius 1 is 1.00 bits per heavy atom. The molecule has 0 aliphatic carbocycles. The van der Waals surface area contributed by atoms with E-state index < -0.39 is 0 Å². The maximum atomic E-state index is 9.78. The van der Waals surface area contributed by atoms with E-state index in [1.54, 1.807) is 0 Å². The second kappa shape index (κ2) is 7.82. The van der Waals surface area contributed by atoms with Gasteiger partial charge in [0.2, 0.25) is 0 Å². The number of ether oxygens (including phenoxy) is 3. The summed E-state index contributed by atoms with van der Waals surface area (Å²) in [7, 11) is 0. The molecule has 0 aromatic heterocycles. The van der Waals surface area contributed by atoms with Crippen molar-refractivity contribution in [3.05, 3.63) is 30.3 Å². The van der Waals surface area contributed by atoms with Gasteiger partial charge in [-0.05, 0) is 12.1 Å². The second-order valence-electron chi connectivity index (χ2n) is 2.74. The van der Waals surface area contributed by atoms with Crippen LogP contribution in [0.5, 0.6) is 5.75 Å². The van der Waals surface area contributed by atoms with Gasteiger partial charge in [0.05, 0.1) is 13.2 Å². The van der Waals surface area contributed by atoms with Crippen molar-refractivity contribution in [3.8, 4) is 5.75 Å². The maximum Gasteiger partial charge on any atom is 0.293 e. The number of carbonyl (C=O) groups is 1. The Hall–Kier alpha value is -1.55. The molecule has 1 rings (SSSR count). The zero-order valence-electron chi connectivity index (χ0n) is 8.43. The molecule has 0 saturated heterocycles. The van der Waals surface area contributed by atoms with E-state index in [1.165, 1.54) is 0 Å². The molecule has 0 N–H and O–H groups in total. The van der Waals surface area contributed by atoms with E-state index in [2.05, 4.69) is 4.74 Å². The fourth-order valence-corrected chi connectivity index (χ4v) is 0.992. The smallest absolute Gasteiger partial charge is 0.293 e. The lowest BCUT2D eigenvalue weighted by Crippen LogP contribution is -2.10. The van der Waals surface area contributed by atoms with E-state index in [0.29, 0.717) is 26.3 Å². The first-order valence-electron chi connectivity index (χ1n) is 4.74. The summed E-state index contributed by atoms with van der Waals surface area (Å²) in [6.45, 7) is 2.07. The first-order chi connectivity index (χ1) is 7.43. The monoisotopic (exact) mass is 210 g/mol. The Morgan fingerprint density at radius 2 is 1.73 bits per heavy atom. The van der Waals surface area contributed by atoms with Crippen molar-refractivity contribution in [1.82, 2.24) is 0 Å². The predicted molar refractivity (Wildman–Crippen MR) is 54.8 cm³/mol. The average Bonchev–Trinajstić information content (AvgIpc) is 2.29. The third-order valence-corrected chi connectivity index (χ3v) is 1.65. The summed E-state index contributed by atoms with van der Waals surface area (Å²) in [5.74, 6) is 0.824. The highest BCUT2D eigenvalue weighted by Gasteiger charge is 1.92. The molecule has 4 nitrogen and oxygen atoms in total. The van der Waals surface area contributed by atoms with Crippen LogP contribution in [-0.2, 0) is 14.3 Å². The molecule has 0 bridgehead atoms. The van der Waals surface area contributed by atoms with Gasteiger partial charge < -0.3 is 14.2 Å². The SMILES string of the molecule is O=COCCOCCOc1ccccc1. The van der Waals surface area contributed by atoms with E-state index in [-0.39, 0.29) is 6.61 Å². The molecule has 0 atom stereocenters. The van der Waals surface area contributed by atoms with Gasteiger partial charge in [0, 0.05) is 0 Å². The molecule has 0 unspecified atom stereocenters. The van der Waals surface area contributed by atoms with Gasteiger partial charge in [-0.2, -0.15) is 0 Å². The summed E-state index contributed by atoms with van der Waals surface area (Å²) >= 11 is 0. The molecule has 82 valence electrons. The molecule has 1 aromatic carbocycles. The van der Waals surface area contributed by atoms with Crippen LogP contribution in [0.2, 0.25) is 0 Å². The number of para-hydroxylation sites is 1. The van der Waals surface area contributed by atoms with Crippen molar-refractivity contribution in [1.29, 1.82) is 0 Å². The molecular weight excluding hydrogens is 196 g/mol. The third-order valence-electron chi connectivity index (χ3n) is 1.65. The van der Waals surface area contributed by atoms with Crippen LogP contribution in [0.1, 0.15) is 0 Å². The zero-order valence-corrected chi connectivity index (χ0v) is 8.43. The van der Waals surface area contributed by atoms with Gasteiger partial charge in [-0.1, -0.05) is 18.2 Å². The Labute approximate surface area is 88.8 Å². The number of hydrogen-bond donors (Lipinski definition) is 0. The Morgan fingerprint density at radius 3 is 2.47 bits per heavy atom. The fourth-order valence-electron chi connectivity index (χ4n) is 0.992. The quantitative estimate of drug-likeness (QED) is 0.478. The van der Waals surface area contributed by atoms with Crippen LogP contribution in [0.3, 0.4) is 0 Å². The summed E-state index contributed by atoms with van der Waals surface area (Å²) in [6, 6.07) is 9.52. The predicted octanol–water partition coefficient (Wildman–Crippen LogP) is 1.26. The first kappa shape index (κ1) is 11.5. The average molecular weight is 210 g/mol. The van der Waals surface area contributed by atoms with Gasteiger partial charge in [0.25, 0.3) is 6.47 Å². The normalized spacial score (nSPS) is 9.60. The number of hydrogen-bond acceptors (Lipinski definition) is 4. The maximum absolute atomic E-state index is 9.78. The Kier molecular flexibility index (Phi) is 6.01. The van der Waals surface area contributed by atoms with E-state index in [9.17, 15) is 4.79 Å². The third kappa shape index (κ3) is 5.70. The van der Waals surface area contributed by atoms with Crippen molar-refractivity contribution in [2.45, 2.75) is 0 Å². The van der Waals surface area contributed by atoms with E-state index >= 15 is 0 Å². The van der Waals surface area contributed by atoms with Crippen molar-refractivity contribution in [2.24, 2.45) is 0 Å². The van der Waals surface area contributed by atoms with Crippen LogP contribution in [0.25, 0.3) is 0 Å². The van der Waals surface area contributed by atoms with Crippen LogP contribution in [0, 0.1) is 0 Å². The largest absolute Gasteiger partial charge is 0.491 e. The topological polar surface area (TPSA) is 44.8 Å². The van der Waals surface area contributed by atoms with Crippen LogP contribution in [-0.4, -0.2) is 32.9 Å². The van der Waals surface area contributed by atoms with Crippen LogP contribution in [0.15, 0.2) is 30.3 Å². The molecule has 15 heavy (non-hydrogen) atoms. The summed E-state index contributed by atoms with van der Waals surface area (Å²) in [6.07, 6.45) is 0. The van der Waals surface area contributed by atoms with Gasteiger partial charge in [0.1, 0.15) is 19.0 Å². The van der Waals surface area contributed by atoms with E-state index in [0.717, 1.165) is 5.75 Å². The molecule has 0 amide bonds. The highest BCUT2D eigenvalue weighted by atomic mass is 16.6. The minimum atomic E-state index is 0.287. The lowest BCUT2D eigenvalue weighted by atomic mass is 10.3. The molecule has 0 spiro atoms. The highest BCUT2D eigenvalue weighted by Crippen LogP contribution is 2.07. The van der Waals surface area contributed by atoms with Crippen LogP contribution >= 0.6 is 0 Å². The highest BCUT2D eigenvalue weighted by molar-refractivity contribution is 5.36. The van der Waals surface area contributed by atoms with Crippen molar-refractivity contribution in [2.75, 3.05) is 26.4 Å². The molecule has 0 fully saturated rings. The minimum Gasteiger partial charge on any atom is -0.491 e. The van der Waals surface area contributed by atoms with Crippen molar-refractivity contribution >= 4 is 6.47 Å². The summed E-state index contributed by atoms with van der Waals surface area (Å²) in [4.78, 5) is 9.78. The molecule has 0 aliphatic heterocycles. The molecule has 0 radical (unpaired) electrons. The molecule has 4 heteroatoms. The van der Waals surface area contributed by atoms with Gasteiger partial charge in [-0.3, -0.25) is 4.79 Å². The van der Waals surface area contributed by atoms with Crippen molar-refractivity contribution in [3.63, 3.8) is 0 Å². The number of carbonyl (C=O) groups excluding carboxylic acids is 1. The first-order valence-corrected chi connectivity index (χ1v) is 4.74. The number of rotatable bonds is 8. The molecule has 0 aliphatic rings. The second-order valence-corrected chi connectivity index (χ2v) is 2.74. The Balaban J connectivity index is 1.95. The van der Waals surface area contributed by atoms with Gasteiger partial charge >= 0.3 is 0 Å². The summed E-state index contributed by atoms with van der Waals surface area (Å²) < 4.78 is 15.0. The molecule has 1 aromatic rings. The molecule has 0 saturated carbocycles. The van der Waals surface area contributed by atoms with Crippen LogP contribution < -0.4 is 4.74 Å². The summed E-state index contributed by atoms with van der Waals surface area (Å²) in [5.41, 5.74) is 0. The zero-order chi connectivity index (χ0) is 10.8. The van der Waals surface area contributed by atoms with E-state index in [4.69, 9.17) is 9.47 Å². The van der Waals surface area contributed by atoms with E-state index in [1.807, 2.05) is 30.3 Å². The summed E-state index contributed by atoms with van der Waals surface area (Å²) in [5, 5.41) is 0. The van der Waals surface area contributed by atoms with Gasteiger partial charge in [0.15, 0.2) is 0 Å². The minimum absolute atomic E-state index is 0.287.